The Hall–Kier alpha value is -1.66. The number of H-pyrrole nitrogens is 1. The molecule has 1 aromatic rings. The number of aryl methyl sites for hydroxylation is 1. The predicted molar refractivity (Wildman–Crippen MR) is 102 cm³/mol. The fourth-order valence-corrected chi connectivity index (χ4v) is 4.03. The van der Waals surface area contributed by atoms with E-state index in [2.05, 4.69) is 51.2 Å². The van der Waals surface area contributed by atoms with Gasteiger partial charge in [-0.1, -0.05) is 26.7 Å². The maximum atomic E-state index is 12.2. The van der Waals surface area contributed by atoms with Crippen LogP contribution in [0.3, 0.4) is 0 Å². The van der Waals surface area contributed by atoms with Crippen LogP contribution in [0, 0.1) is 19.2 Å². The molecule has 2 N–H and O–H groups in total. The minimum Gasteiger partial charge on any atom is -0.410 e. The molecule has 0 aromatic carbocycles. The van der Waals surface area contributed by atoms with E-state index in [-0.39, 0.29) is 11.5 Å². The summed E-state index contributed by atoms with van der Waals surface area (Å²) in [6.45, 7) is 11.6. The highest BCUT2D eigenvalue weighted by Gasteiger charge is 2.52. The van der Waals surface area contributed by atoms with Crippen LogP contribution in [0.5, 0.6) is 0 Å². The van der Waals surface area contributed by atoms with E-state index in [9.17, 15) is 14.7 Å². The molecule has 8 heteroatoms. The van der Waals surface area contributed by atoms with Gasteiger partial charge in [0.05, 0.1) is 12.7 Å². The van der Waals surface area contributed by atoms with Crippen LogP contribution >= 0.6 is 0 Å². The Labute approximate surface area is 155 Å². The molecule has 2 heterocycles. The SMILES string of the molecule is [2H]C#C[C@]1(CO)OC(n2cc(C)c(=O)[nH]c2=O)C[C@H]1O[Si](C)(C)C(C)(C)C. The summed E-state index contributed by atoms with van der Waals surface area (Å²) in [5.41, 5.74) is -2.09. The van der Waals surface area contributed by atoms with Crippen molar-refractivity contribution in [1.29, 1.82) is 0 Å². The maximum absolute atomic E-state index is 12.2. The van der Waals surface area contributed by atoms with E-state index >= 15 is 0 Å². The Balaban J connectivity index is 2.47. The molecule has 26 heavy (non-hydrogen) atoms. The minimum atomic E-state index is -2.23. The van der Waals surface area contributed by atoms with Crippen molar-refractivity contribution in [3.8, 4) is 12.3 Å². The Morgan fingerprint density at radius 3 is 2.77 bits per heavy atom. The van der Waals surface area contributed by atoms with Gasteiger partial charge >= 0.3 is 5.69 Å². The molecule has 0 spiro atoms. The van der Waals surface area contributed by atoms with E-state index in [0.29, 0.717) is 5.56 Å². The Kier molecular flexibility index (Phi) is 5.01. The average molecular weight is 382 g/mol. The van der Waals surface area contributed by atoms with Gasteiger partial charge in [-0.15, -0.1) is 6.40 Å². The molecular formula is C18H28N2O5Si. The number of ether oxygens (including phenoxy) is 1. The third-order valence-corrected chi connectivity index (χ3v) is 9.91. The van der Waals surface area contributed by atoms with Crippen molar-refractivity contribution in [1.82, 2.24) is 9.55 Å². The van der Waals surface area contributed by atoms with Gasteiger partial charge in [-0.3, -0.25) is 14.3 Å². The first-order chi connectivity index (χ1) is 12.4. The van der Waals surface area contributed by atoms with Crippen molar-refractivity contribution < 1.29 is 15.6 Å². The standard InChI is InChI=1S/C18H28N2O5Si/c1-8-18(11-21)13(25-26(6,7)17(3,4)5)9-14(24-18)20-10-12(2)15(22)19-16(20)23/h1,10,13-14,21H,9,11H2,2-7H3,(H,19,22,23)/t13-,14?,18-/m1/s1/i1D. The van der Waals surface area contributed by atoms with Crippen LogP contribution in [0.2, 0.25) is 18.1 Å². The summed E-state index contributed by atoms with van der Waals surface area (Å²) in [6.07, 6.45) is 2.39. The molecule has 0 aliphatic carbocycles. The summed E-state index contributed by atoms with van der Waals surface area (Å²) >= 11 is 0. The Bertz CT molecular complexity index is 877. The highest BCUT2D eigenvalue weighted by molar-refractivity contribution is 6.74. The molecule has 144 valence electrons. The van der Waals surface area contributed by atoms with E-state index in [0.717, 1.165) is 0 Å². The van der Waals surface area contributed by atoms with Gasteiger partial charge in [-0.05, 0) is 25.1 Å². The van der Waals surface area contributed by atoms with Crippen LogP contribution in [0.25, 0.3) is 0 Å². The summed E-state index contributed by atoms with van der Waals surface area (Å²) < 4.78 is 21.0. The highest BCUT2D eigenvalue weighted by Crippen LogP contribution is 2.44. The van der Waals surface area contributed by atoms with Crippen molar-refractivity contribution in [3.63, 3.8) is 0 Å². The van der Waals surface area contributed by atoms with Gasteiger partial charge in [0.2, 0.25) is 0 Å². The van der Waals surface area contributed by atoms with Crippen LogP contribution in [0.1, 0.15) is 40.4 Å². The monoisotopic (exact) mass is 381 g/mol. The quantitative estimate of drug-likeness (QED) is 0.609. The molecular weight excluding hydrogens is 352 g/mol. The molecule has 1 saturated heterocycles. The second kappa shape index (κ2) is 6.81. The lowest BCUT2D eigenvalue weighted by atomic mass is 9.99. The minimum absolute atomic E-state index is 0.0773. The van der Waals surface area contributed by atoms with Gasteiger partial charge < -0.3 is 14.3 Å². The fraction of sp³-hybridized carbons (Fsp3) is 0.667. The zero-order valence-corrected chi connectivity index (χ0v) is 17.2. The van der Waals surface area contributed by atoms with E-state index < -0.39 is 44.1 Å². The third-order valence-electron chi connectivity index (χ3n) is 5.43. The van der Waals surface area contributed by atoms with Crippen molar-refractivity contribution in [2.45, 2.75) is 70.2 Å². The molecule has 0 bridgehead atoms. The first-order valence-corrected chi connectivity index (χ1v) is 11.5. The second-order valence-electron chi connectivity index (χ2n) is 8.33. The van der Waals surface area contributed by atoms with Gasteiger partial charge in [0.1, 0.15) is 7.60 Å². The second-order valence-corrected chi connectivity index (χ2v) is 13.1. The first-order valence-electron chi connectivity index (χ1n) is 9.09. The van der Waals surface area contributed by atoms with Crippen molar-refractivity contribution in [2.75, 3.05) is 6.61 Å². The molecule has 0 amide bonds. The number of rotatable bonds is 4. The summed E-state index contributed by atoms with van der Waals surface area (Å²) in [7, 11) is -2.23. The topological polar surface area (TPSA) is 93.5 Å². The van der Waals surface area contributed by atoms with Crippen LogP contribution < -0.4 is 11.2 Å². The lowest BCUT2D eigenvalue weighted by Crippen LogP contribution is -2.51. The number of aliphatic hydroxyl groups is 1. The van der Waals surface area contributed by atoms with Crippen molar-refractivity contribution in [3.05, 3.63) is 32.6 Å². The summed E-state index contributed by atoms with van der Waals surface area (Å²) in [6, 6.07) is 0. The lowest BCUT2D eigenvalue weighted by molar-refractivity contribution is -0.0888. The molecule has 1 aliphatic heterocycles. The zero-order valence-electron chi connectivity index (χ0n) is 17.2. The van der Waals surface area contributed by atoms with Crippen LogP contribution in [0.15, 0.2) is 15.8 Å². The number of hydrogen-bond acceptors (Lipinski definition) is 5. The Morgan fingerprint density at radius 1 is 1.58 bits per heavy atom. The number of nitrogens with zero attached hydrogens (tertiary/aromatic N) is 1. The molecule has 7 nitrogen and oxygen atoms in total. The normalized spacial score (nSPS) is 27.0. The molecule has 0 saturated carbocycles. The van der Waals surface area contributed by atoms with Gasteiger partial charge in [0.25, 0.3) is 5.56 Å². The molecule has 1 unspecified atom stereocenters. The number of aromatic nitrogens is 2. The van der Waals surface area contributed by atoms with Crippen LogP contribution in [-0.2, 0) is 9.16 Å². The summed E-state index contributed by atoms with van der Waals surface area (Å²) in [5, 5.41) is 9.95. The number of hydrogen-bond donors (Lipinski definition) is 2. The van der Waals surface area contributed by atoms with E-state index in [1.165, 1.54) is 10.8 Å². The Morgan fingerprint density at radius 2 is 2.23 bits per heavy atom. The first kappa shape index (κ1) is 19.1. The average Bonchev–Trinajstić information content (AvgIpc) is 2.88. The van der Waals surface area contributed by atoms with Gasteiger partial charge in [0, 0.05) is 18.2 Å². The summed E-state index contributed by atoms with van der Waals surface area (Å²) in [4.78, 5) is 26.1. The van der Waals surface area contributed by atoms with Crippen molar-refractivity contribution in [2.24, 2.45) is 0 Å². The van der Waals surface area contributed by atoms with E-state index in [4.69, 9.17) is 10.5 Å². The smallest absolute Gasteiger partial charge is 0.330 e. The number of aromatic amines is 1. The largest absolute Gasteiger partial charge is 0.410 e. The van der Waals surface area contributed by atoms with E-state index in [1.807, 2.05) is 0 Å². The third kappa shape index (κ3) is 3.57. The zero-order chi connectivity index (χ0) is 20.6. The molecule has 3 atom stereocenters. The predicted octanol–water partition coefficient (Wildman–Crippen LogP) is 1.52. The molecule has 1 aliphatic rings. The molecule has 1 aromatic heterocycles. The fourth-order valence-electron chi connectivity index (χ4n) is 2.67. The lowest BCUT2D eigenvalue weighted by Gasteiger charge is -2.41. The van der Waals surface area contributed by atoms with Crippen molar-refractivity contribution >= 4 is 8.32 Å². The molecule has 1 fully saturated rings. The number of aliphatic hydroxyl groups excluding tert-OH is 1. The van der Waals surface area contributed by atoms with E-state index in [1.54, 1.807) is 6.92 Å². The number of terminal acetylenes is 1. The highest BCUT2D eigenvalue weighted by atomic mass is 28.4. The molecule has 2 rings (SSSR count). The van der Waals surface area contributed by atoms with Crippen LogP contribution in [0.4, 0.5) is 0 Å². The van der Waals surface area contributed by atoms with Gasteiger partial charge in [0.15, 0.2) is 13.9 Å². The number of nitrogens with one attached hydrogen (secondary N) is 1. The summed E-state index contributed by atoms with van der Waals surface area (Å²) in [5.74, 6) is 2.63. The molecule has 0 radical (unpaired) electrons. The van der Waals surface area contributed by atoms with Gasteiger partial charge in [-0.2, -0.15) is 0 Å². The maximum Gasteiger partial charge on any atom is 0.330 e. The van der Waals surface area contributed by atoms with Gasteiger partial charge in [-0.25, -0.2) is 4.79 Å². The van der Waals surface area contributed by atoms with Crippen LogP contribution in [-0.4, -0.2) is 41.3 Å².